The maximum Gasteiger partial charge on any atom is 0.414 e. The molecule has 0 atom stereocenters. The third kappa shape index (κ3) is 2.59. The second kappa shape index (κ2) is 4.96. The number of carboxylic acid groups (broad SMARTS) is 1. The zero-order valence-corrected chi connectivity index (χ0v) is 8.52. The highest BCUT2D eigenvalue weighted by molar-refractivity contribution is 5.90. The Bertz CT molecular complexity index is 424. The Morgan fingerprint density at radius 2 is 2.38 bits per heavy atom. The number of amides is 1. The number of aromatic nitrogens is 1. The molecule has 16 heavy (non-hydrogen) atoms. The monoisotopic (exact) mass is 226 g/mol. The van der Waals surface area contributed by atoms with E-state index in [0.29, 0.717) is 0 Å². The highest BCUT2D eigenvalue weighted by Gasteiger charge is 2.19. The summed E-state index contributed by atoms with van der Waals surface area (Å²) in [5.74, 6) is -1.28. The summed E-state index contributed by atoms with van der Waals surface area (Å²) in [5.41, 5.74) is -0.0259. The van der Waals surface area contributed by atoms with Gasteiger partial charge in [0.15, 0.2) is 5.69 Å². The molecule has 86 valence electrons. The van der Waals surface area contributed by atoms with Crippen LogP contribution >= 0.6 is 0 Å². The van der Waals surface area contributed by atoms with Crippen LogP contribution < -0.4 is 5.32 Å². The van der Waals surface area contributed by atoms with Crippen LogP contribution in [0, 0.1) is 6.92 Å². The van der Waals surface area contributed by atoms with E-state index in [2.05, 4.69) is 26.3 Å². The molecule has 0 bridgehead atoms. The van der Waals surface area contributed by atoms with Gasteiger partial charge in [0.05, 0.1) is 0 Å². The molecule has 2 N–H and O–H groups in total. The van der Waals surface area contributed by atoms with Crippen LogP contribution in [-0.2, 0) is 4.74 Å². The summed E-state index contributed by atoms with van der Waals surface area (Å²) in [6.07, 6.45) is 0.631. The van der Waals surface area contributed by atoms with Crippen molar-refractivity contribution in [2.45, 2.75) is 6.92 Å². The molecule has 0 saturated carbocycles. The number of aromatic carboxylic acids is 1. The number of carbonyl (C=O) groups is 2. The van der Waals surface area contributed by atoms with Crippen LogP contribution in [-0.4, -0.2) is 28.9 Å². The molecule has 0 radical (unpaired) electrons. The number of ether oxygens (including phenoxy) is 1. The smallest absolute Gasteiger partial charge is 0.414 e. The third-order valence-corrected chi connectivity index (χ3v) is 1.67. The van der Waals surface area contributed by atoms with E-state index in [1.165, 1.54) is 13.0 Å². The lowest BCUT2D eigenvalue weighted by atomic mass is 10.2. The molecule has 0 aliphatic carbocycles. The summed E-state index contributed by atoms with van der Waals surface area (Å²) >= 11 is 0. The Labute approximate surface area is 90.7 Å². The van der Waals surface area contributed by atoms with Crippen molar-refractivity contribution in [2.24, 2.45) is 0 Å². The van der Waals surface area contributed by atoms with E-state index < -0.39 is 12.1 Å². The minimum Gasteiger partial charge on any atom is -0.476 e. The summed E-state index contributed by atoms with van der Waals surface area (Å²) < 4.78 is 9.26. The van der Waals surface area contributed by atoms with Crippen molar-refractivity contribution in [3.05, 3.63) is 23.9 Å². The number of nitrogens with one attached hydrogen (secondary N) is 1. The van der Waals surface area contributed by atoms with Gasteiger partial charge in [-0.3, -0.25) is 5.32 Å². The molecule has 0 aromatic carbocycles. The molecule has 0 aliphatic rings. The van der Waals surface area contributed by atoms with Crippen LogP contribution in [0.4, 0.5) is 10.7 Å². The van der Waals surface area contributed by atoms with Crippen molar-refractivity contribution in [2.75, 3.05) is 11.9 Å². The van der Waals surface area contributed by atoms with Crippen LogP contribution in [0.1, 0.15) is 16.1 Å². The fraction of sp³-hybridized carbons (Fsp3) is 0.222. The summed E-state index contributed by atoms with van der Waals surface area (Å²) in [4.78, 5) is 21.7. The quantitative estimate of drug-likeness (QED) is 0.752. The van der Waals surface area contributed by atoms with Crippen molar-refractivity contribution in [1.82, 2.24) is 5.16 Å². The number of hydrogen-bond donors (Lipinski definition) is 2. The average molecular weight is 226 g/mol. The van der Waals surface area contributed by atoms with Gasteiger partial charge in [-0.1, -0.05) is 17.8 Å². The summed E-state index contributed by atoms with van der Waals surface area (Å²) in [7, 11) is 0. The first-order chi connectivity index (χ1) is 7.56. The van der Waals surface area contributed by atoms with E-state index in [1.54, 1.807) is 0 Å². The Balaban J connectivity index is 2.71. The van der Waals surface area contributed by atoms with Gasteiger partial charge in [-0.15, -0.1) is 0 Å². The number of carboxylic acids is 1. The van der Waals surface area contributed by atoms with Crippen LogP contribution in [0.15, 0.2) is 17.2 Å². The van der Waals surface area contributed by atoms with E-state index >= 15 is 0 Å². The predicted molar refractivity (Wildman–Crippen MR) is 53.4 cm³/mol. The molecule has 0 aliphatic heterocycles. The number of anilines is 1. The summed E-state index contributed by atoms with van der Waals surface area (Å²) in [5, 5.41) is 14.2. The normalized spacial score (nSPS) is 9.56. The summed E-state index contributed by atoms with van der Waals surface area (Å²) in [6.45, 7) is 4.87. The van der Waals surface area contributed by atoms with Gasteiger partial charge in [-0.05, 0) is 6.92 Å². The second-order valence-corrected chi connectivity index (χ2v) is 2.80. The van der Waals surface area contributed by atoms with Gasteiger partial charge in [-0.25, -0.2) is 9.59 Å². The van der Waals surface area contributed by atoms with Crippen molar-refractivity contribution in [3.63, 3.8) is 0 Å². The minimum absolute atomic E-state index is 0.0464. The maximum absolute atomic E-state index is 11.1. The molecule has 1 amide bonds. The molecular formula is C9H10N2O5. The summed E-state index contributed by atoms with van der Waals surface area (Å²) in [6, 6.07) is 0. The Kier molecular flexibility index (Phi) is 3.65. The lowest BCUT2D eigenvalue weighted by Crippen LogP contribution is -2.13. The van der Waals surface area contributed by atoms with Crippen molar-refractivity contribution < 1.29 is 24.0 Å². The Hall–Kier alpha value is -2.31. The van der Waals surface area contributed by atoms with Crippen LogP contribution in [0.2, 0.25) is 0 Å². The van der Waals surface area contributed by atoms with Gasteiger partial charge >= 0.3 is 12.1 Å². The molecule has 7 nitrogen and oxygen atoms in total. The van der Waals surface area contributed by atoms with E-state index in [9.17, 15) is 9.59 Å². The zero-order chi connectivity index (χ0) is 12.1. The van der Waals surface area contributed by atoms with Crippen LogP contribution in [0.5, 0.6) is 0 Å². The maximum atomic E-state index is 11.1. The topological polar surface area (TPSA) is 102 Å². The molecule has 7 heteroatoms. The number of nitrogens with zero attached hydrogens (tertiary/aromatic N) is 1. The van der Waals surface area contributed by atoms with Gasteiger partial charge in [0.1, 0.15) is 6.61 Å². The third-order valence-electron chi connectivity index (χ3n) is 1.67. The highest BCUT2D eigenvalue weighted by Crippen LogP contribution is 2.18. The largest absolute Gasteiger partial charge is 0.476 e. The van der Waals surface area contributed by atoms with E-state index in [4.69, 9.17) is 5.11 Å². The first kappa shape index (κ1) is 11.8. The standard InChI is InChI=1S/C9H10N2O5/c1-3-4-15-9(14)10-7-5(2)6(8(12)13)11-16-7/h3H,1,4H2,2H3,(H,10,14)(H,12,13). The molecule has 1 aromatic heterocycles. The molecule has 1 heterocycles. The lowest BCUT2D eigenvalue weighted by molar-refractivity contribution is 0.0685. The number of rotatable bonds is 4. The lowest BCUT2D eigenvalue weighted by Gasteiger charge is -2.01. The molecular weight excluding hydrogens is 216 g/mol. The molecule has 1 rings (SSSR count). The molecule has 1 aromatic rings. The number of carbonyl (C=O) groups excluding carboxylic acids is 1. The fourth-order valence-electron chi connectivity index (χ4n) is 0.915. The molecule has 0 fully saturated rings. The zero-order valence-electron chi connectivity index (χ0n) is 8.52. The Morgan fingerprint density at radius 1 is 1.69 bits per heavy atom. The van der Waals surface area contributed by atoms with Gasteiger partial charge in [-0.2, -0.15) is 0 Å². The average Bonchev–Trinajstić information content (AvgIpc) is 2.57. The first-order valence-electron chi connectivity index (χ1n) is 4.30. The van der Waals surface area contributed by atoms with E-state index in [0.717, 1.165) is 0 Å². The second-order valence-electron chi connectivity index (χ2n) is 2.80. The molecule has 0 spiro atoms. The van der Waals surface area contributed by atoms with Gasteiger partial charge in [0.25, 0.3) is 0 Å². The Morgan fingerprint density at radius 3 is 2.88 bits per heavy atom. The van der Waals surface area contributed by atoms with Crippen molar-refractivity contribution in [3.8, 4) is 0 Å². The SMILES string of the molecule is C=CCOC(=O)Nc1onc(C(=O)O)c1C. The van der Waals surface area contributed by atoms with E-state index in [-0.39, 0.29) is 23.7 Å². The van der Waals surface area contributed by atoms with Crippen LogP contribution in [0.3, 0.4) is 0 Å². The fourth-order valence-corrected chi connectivity index (χ4v) is 0.915. The van der Waals surface area contributed by atoms with Gasteiger partial charge < -0.3 is 14.4 Å². The molecule has 0 unspecified atom stereocenters. The minimum atomic E-state index is -1.23. The number of hydrogen-bond acceptors (Lipinski definition) is 5. The van der Waals surface area contributed by atoms with Crippen molar-refractivity contribution >= 4 is 17.9 Å². The highest BCUT2D eigenvalue weighted by atomic mass is 16.6. The van der Waals surface area contributed by atoms with Crippen molar-refractivity contribution in [1.29, 1.82) is 0 Å². The first-order valence-corrected chi connectivity index (χ1v) is 4.30. The van der Waals surface area contributed by atoms with Gasteiger partial charge in [0.2, 0.25) is 5.88 Å². The van der Waals surface area contributed by atoms with Gasteiger partial charge in [0, 0.05) is 5.56 Å². The van der Waals surface area contributed by atoms with Crippen LogP contribution in [0.25, 0.3) is 0 Å². The molecule has 0 saturated heterocycles. The predicted octanol–water partition coefficient (Wildman–Crippen LogP) is 1.42. The van der Waals surface area contributed by atoms with E-state index in [1.807, 2.05) is 0 Å².